The Morgan fingerprint density at radius 3 is 0.952 bits per heavy atom. The van der Waals surface area contributed by atoms with Gasteiger partial charge in [0, 0.05) is 8.77 Å². The third-order valence-electron chi connectivity index (χ3n) is 3.40. The third kappa shape index (κ3) is 4.75. The zero-order valence-electron chi connectivity index (χ0n) is 10.7. The summed E-state index contributed by atoms with van der Waals surface area (Å²) in [6, 6.07) is 32.0. The van der Waals surface area contributed by atoms with Gasteiger partial charge in [-0.3, -0.25) is 0 Å². The molecule has 0 aromatic heterocycles. The van der Waals surface area contributed by atoms with E-state index in [1.165, 1.54) is 16.7 Å². The zero-order valence-corrected chi connectivity index (χ0v) is 10.7. The van der Waals surface area contributed by atoms with Crippen LogP contribution in [-0.4, -0.2) is 56.6 Å². The fourth-order valence-electron chi connectivity index (χ4n) is 2.51. The van der Waals surface area contributed by atoms with Crippen molar-refractivity contribution in [2.24, 2.45) is 0 Å². The van der Waals surface area contributed by atoms with Gasteiger partial charge in [-0.05, 0) is 16.7 Å². The van der Waals surface area contributed by atoms with Gasteiger partial charge in [0.25, 0.3) is 0 Å². The average Bonchev–Trinajstić information content (AvgIpc) is 2.51. The molecule has 3 rings (SSSR count). The molecule has 0 aliphatic carbocycles. The first kappa shape index (κ1) is 18.6. The van der Waals surface area contributed by atoms with Crippen LogP contribution in [-0.2, 0) is 0 Å². The summed E-state index contributed by atoms with van der Waals surface area (Å²) in [6.45, 7) is 0. The van der Waals surface area contributed by atoms with Gasteiger partial charge in [-0.1, -0.05) is 91.0 Å². The predicted molar refractivity (Wildman–Crippen MR) is 100 cm³/mol. The fourth-order valence-corrected chi connectivity index (χ4v) is 2.51. The van der Waals surface area contributed by atoms with Gasteiger partial charge in [0.05, 0.1) is 0 Å². The molecule has 3 aromatic carbocycles. The Morgan fingerprint density at radius 2 is 0.714 bits per heavy atom. The minimum Gasteiger partial charge on any atom is -0.0622 e. The van der Waals surface area contributed by atoms with Crippen molar-refractivity contribution in [2.75, 3.05) is 0 Å². The van der Waals surface area contributed by atoms with Crippen LogP contribution in [0.3, 0.4) is 0 Å². The van der Waals surface area contributed by atoms with Gasteiger partial charge in [0.1, 0.15) is 0 Å². The summed E-state index contributed by atoms with van der Waals surface area (Å²) >= 11 is 0. The van der Waals surface area contributed by atoms with Crippen molar-refractivity contribution >= 4 is 56.6 Å². The molecule has 0 bridgehead atoms. The summed E-state index contributed by atoms with van der Waals surface area (Å²) in [5.74, 6) is 0.309. The molecule has 0 unspecified atom stereocenters. The largest absolute Gasteiger partial charge is 0.0622 e. The van der Waals surface area contributed by atoms with Gasteiger partial charge in [-0.2, -0.15) is 0 Å². The van der Waals surface area contributed by atoms with Gasteiger partial charge in [0.15, 0.2) is 0 Å². The molecule has 0 spiro atoms. The Balaban J connectivity index is 0. The molecule has 102 valence electrons. The smallest absolute Gasteiger partial charge is 0.0339 e. The van der Waals surface area contributed by atoms with Crippen LogP contribution in [0.2, 0.25) is 0 Å². The minimum atomic E-state index is 0. The number of rotatable bonds is 3. The predicted octanol–water partition coefficient (Wildman–Crippen LogP) is 3.79. The first-order valence-corrected chi connectivity index (χ1v) is 6.60. The molecular formula is C19H23CaLi. The zero-order chi connectivity index (χ0) is 12.9. The van der Waals surface area contributed by atoms with Crippen molar-refractivity contribution in [1.29, 1.82) is 0 Å². The molecule has 3 aromatic rings. The van der Waals surface area contributed by atoms with Gasteiger partial charge in [0.2, 0.25) is 0 Å². The number of benzene rings is 3. The molecule has 0 aliphatic rings. The molecule has 0 heterocycles. The topological polar surface area (TPSA) is 0 Å². The molecule has 21 heavy (non-hydrogen) atoms. The second-order valence-electron chi connectivity index (χ2n) is 4.67. The van der Waals surface area contributed by atoms with Crippen LogP contribution in [0.5, 0.6) is 0 Å². The van der Waals surface area contributed by atoms with E-state index in [1.807, 2.05) is 0 Å². The van der Waals surface area contributed by atoms with Gasteiger partial charge >= 0.3 is 56.6 Å². The van der Waals surface area contributed by atoms with Crippen molar-refractivity contribution < 1.29 is 2.85 Å². The van der Waals surface area contributed by atoms with E-state index in [0.717, 1.165) is 0 Å². The Bertz CT molecular complexity index is 539. The molecule has 0 N–H and O–H groups in total. The van der Waals surface area contributed by atoms with Crippen molar-refractivity contribution in [1.82, 2.24) is 0 Å². The monoisotopic (exact) mass is 298 g/mol. The van der Waals surface area contributed by atoms with Gasteiger partial charge in [-0.25, -0.2) is 0 Å². The maximum Gasteiger partial charge on any atom is 0.0339 e. The van der Waals surface area contributed by atoms with Crippen LogP contribution in [0, 0.1) is 0 Å². The summed E-state index contributed by atoms with van der Waals surface area (Å²) in [6.07, 6.45) is 0. The number of hydrogen-bond donors (Lipinski definition) is 0. The van der Waals surface area contributed by atoms with Crippen molar-refractivity contribution in [3.63, 3.8) is 0 Å². The van der Waals surface area contributed by atoms with E-state index in [2.05, 4.69) is 91.0 Å². The maximum atomic E-state index is 2.20. The Kier molecular flexibility index (Phi) is 8.41. The van der Waals surface area contributed by atoms with E-state index in [9.17, 15) is 0 Å². The van der Waals surface area contributed by atoms with E-state index in [1.54, 1.807) is 0 Å². The van der Waals surface area contributed by atoms with E-state index in [4.69, 9.17) is 0 Å². The van der Waals surface area contributed by atoms with Crippen LogP contribution >= 0.6 is 0 Å². The molecule has 0 aliphatic heterocycles. The molecule has 0 nitrogen and oxygen atoms in total. The molecular weight excluding hydrogens is 275 g/mol. The fraction of sp³-hybridized carbons (Fsp3) is 0.0526. The van der Waals surface area contributed by atoms with Crippen molar-refractivity contribution in [2.45, 2.75) is 5.92 Å². The summed E-state index contributed by atoms with van der Waals surface area (Å²) in [4.78, 5) is 0. The number of hydrogen-bond acceptors (Lipinski definition) is 0. The van der Waals surface area contributed by atoms with E-state index >= 15 is 0 Å². The van der Waals surface area contributed by atoms with Crippen LogP contribution in [0.4, 0.5) is 0 Å². The molecule has 0 saturated carbocycles. The van der Waals surface area contributed by atoms with Crippen molar-refractivity contribution in [3.8, 4) is 0 Å². The summed E-state index contributed by atoms with van der Waals surface area (Å²) in [5.41, 5.74) is 4.00. The normalized spacial score (nSPS) is 9.57. The average molecular weight is 298 g/mol. The van der Waals surface area contributed by atoms with E-state index in [0.29, 0.717) is 5.92 Å². The van der Waals surface area contributed by atoms with Crippen LogP contribution in [0.1, 0.15) is 25.5 Å². The van der Waals surface area contributed by atoms with Gasteiger partial charge in [-0.15, -0.1) is 0 Å². The molecule has 0 atom stereocenters. The maximum absolute atomic E-state index is 2.20. The van der Waals surface area contributed by atoms with Crippen molar-refractivity contribution in [3.05, 3.63) is 108 Å². The minimum absolute atomic E-state index is 0. The SMILES string of the molecule is [CaH2].[HH].[HH].[LiH].c1ccc(C(c2ccccc2)c2ccccc2)cc1. The molecule has 0 fully saturated rings. The summed E-state index contributed by atoms with van der Waals surface area (Å²) in [7, 11) is 0. The second-order valence-corrected chi connectivity index (χ2v) is 4.67. The van der Waals surface area contributed by atoms with Crippen LogP contribution in [0.25, 0.3) is 0 Å². The Morgan fingerprint density at radius 1 is 0.476 bits per heavy atom. The first-order chi connectivity index (χ1) is 9.45. The molecule has 0 saturated heterocycles. The second kappa shape index (κ2) is 9.52. The Hall–Kier alpha value is -0.483. The first-order valence-electron chi connectivity index (χ1n) is 6.60. The summed E-state index contributed by atoms with van der Waals surface area (Å²) < 4.78 is 0. The standard InChI is InChI=1S/C19H16.Ca.Li.2H2.3H/c1-4-10-16(11-5-1)19(17-12-6-2-7-13-17)18-14-8-3-9-15-18;;;;;;;/h1-15,19H;;;2*1H;;;. The van der Waals surface area contributed by atoms with Crippen LogP contribution in [0.15, 0.2) is 91.0 Å². The van der Waals surface area contributed by atoms with Gasteiger partial charge < -0.3 is 0 Å². The van der Waals surface area contributed by atoms with E-state index < -0.39 is 0 Å². The third-order valence-corrected chi connectivity index (χ3v) is 3.40. The van der Waals surface area contributed by atoms with E-state index in [-0.39, 0.29) is 59.5 Å². The molecule has 2 heteroatoms. The Labute approximate surface area is 171 Å². The quantitative estimate of drug-likeness (QED) is 0.510. The summed E-state index contributed by atoms with van der Waals surface area (Å²) in [5, 5.41) is 0. The van der Waals surface area contributed by atoms with Crippen LogP contribution < -0.4 is 0 Å². The molecule has 0 amide bonds. The molecule has 0 radical (unpaired) electrons.